The molecule has 0 aliphatic heterocycles. The van der Waals surface area contributed by atoms with Gasteiger partial charge in [-0.15, -0.1) is 0 Å². The van der Waals surface area contributed by atoms with Crippen molar-refractivity contribution >= 4 is 18.0 Å². The van der Waals surface area contributed by atoms with Crippen molar-refractivity contribution in [3.63, 3.8) is 0 Å². The van der Waals surface area contributed by atoms with Crippen molar-refractivity contribution < 1.29 is 23.8 Å². The van der Waals surface area contributed by atoms with E-state index in [1.807, 2.05) is 0 Å². The first-order valence-corrected chi connectivity index (χ1v) is 9.64. The highest BCUT2D eigenvalue weighted by atomic mass is 16.5. The molecule has 2 aromatic rings. The Morgan fingerprint density at radius 3 is 2.21 bits per heavy atom. The lowest BCUT2D eigenvalue weighted by atomic mass is 10.1. The van der Waals surface area contributed by atoms with Crippen molar-refractivity contribution in [2.45, 2.75) is 26.7 Å². The van der Waals surface area contributed by atoms with E-state index in [1.165, 1.54) is 0 Å². The molecule has 0 heterocycles. The van der Waals surface area contributed by atoms with E-state index in [2.05, 4.69) is 12.2 Å². The summed E-state index contributed by atoms with van der Waals surface area (Å²) in [6, 6.07) is 13.9. The number of rotatable bonds is 10. The van der Waals surface area contributed by atoms with Crippen molar-refractivity contribution in [3.05, 3.63) is 65.4 Å². The minimum atomic E-state index is -0.601. The van der Waals surface area contributed by atoms with Gasteiger partial charge in [-0.05, 0) is 61.4 Å². The van der Waals surface area contributed by atoms with Crippen LogP contribution >= 0.6 is 0 Å². The van der Waals surface area contributed by atoms with E-state index >= 15 is 0 Å². The molecule has 0 unspecified atom stereocenters. The maximum atomic E-state index is 12.6. The van der Waals surface area contributed by atoms with Gasteiger partial charge < -0.3 is 19.5 Å². The number of hydrogen-bond acceptors (Lipinski definition) is 5. The second-order valence-corrected chi connectivity index (χ2v) is 6.23. The van der Waals surface area contributed by atoms with E-state index in [1.54, 1.807) is 68.6 Å². The molecule has 1 N–H and O–H groups in total. The number of nitrogens with one attached hydrogen (secondary N) is 1. The van der Waals surface area contributed by atoms with E-state index in [0.29, 0.717) is 23.7 Å². The van der Waals surface area contributed by atoms with Crippen LogP contribution < -0.4 is 14.8 Å². The van der Waals surface area contributed by atoms with Crippen molar-refractivity contribution in [1.29, 1.82) is 0 Å². The number of esters is 1. The Morgan fingerprint density at radius 1 is 0.966 bits per heavy atom. The smallest absolute Gasteiger partial charge is 0.354 e. The van der Waals surface area contributed by atoms with E-state index < -0.39 is 11.9 Å². The normalized spacial score (nSPS) is 10.9. The molecular weight excluding hydrogens is 370 g/mol. The van der Waals surface area contributed by atoms with Crippen LogP contribution in [0.2, 0.25) is 0 Å². The van der Waals surface area contributed by atoms with E-state index in [9.17, 15) is 9.59 Å². The Hall–Kier alpha value is -3.28. The van der Waals surface area contributed by atoms with Crippen LogP contribution in [0.5, 0.6) is 11.5 Å². The Labute approximate surface area is 171 Å². The highest BCUT2D eigenvalue weighted by Gasteiger charge is 2.16. The summed E-state index contributed by atoms with van der Waals surface area (Å²) in [5, 5.41) is 2.64. The van der Waals surface area contributed by atoms with Gasteiger partial charge >= 0.3 is 5.97 Å². The largest absolute Gasteiger partial charge is 0.497 e. The summed E-state index contributed by atoms with van der Waals surface area (Å²) < 4.78 is 15.8. The molecule has 0 spiro atoms. The molecule has 0 saturated heterocycles. The van der Waals surface area contributed by atoms with Crippen LogP contribution in [0.1, 0.15) is 42.6 Å². The van der Waals surface area contributed by atoms with Gasteiger partial charge in [0.05, 0.1) is 20.3 Å². The van der Waals surface area contributed by atoms with E-state index in [4.69, 9.17) is 14.2 Å². The number of methoxy groups -OCH3 is 1. The van der Waals surface area contributed by atoms with Gasteiger partial charge in [-0.3, -0.25) is 4.79 Å². The average molecular weight is 397 g/mol. The Bertz CT molecular complexity index is 825. The van der Waals surface area contributed by atoms with Crippen LogP contribution in [-0.4, -0.2) is 32.2 Å². The third-order valence-electron chi connectivity index (χ3n) is 4.05. The van der Waals surface area contributed by atoms with Gasteiger partial charge in [0.1, 0.15) is 17.2 Å². The third-order valence-corrected chi connectivity index (χ3v) is 4.05. The lowest BCUT2D eigenvalue weighted by Crippen LogP contribution is -2.28. The lowest BCUT2D eigenvalue weighted by Gasteiger charge is -2.10. The standard InChI is InChI=1S/C23H27NO5/c1-4-6-15-29-20-13-9-18(10-14-20)22(25)24-21(23(26)28-5-2)16-17-7-11-19(27-3)12-8-17/h7-14,16H,4-6,15H2,1-3H3,(H,24,25)/b21-16-. The van der Waals surface area contributed by atoms with Crippen LogP contribution in [-0.2, 0) is 9.53 Å². The highest BCUT2D eigenvalue weighted by Crippen LogP contribution is 2.16. The predicted molar refractivity (Wildman–Crippen MR) is 112 cm³/mol. The van der Waals surface area contributed by atoms with Crippen molar-refractivity contribution in [2.24, 2.45) is 0 Å². The molecule has 1 amide bonds. The molecule has 6 heteroatoms. The fraction of sp³-hybridized carbons (Fsp3) is 0.304. The number of hydrogen-bond donors (Lipinski definition) is 1. The second kappa shape index (κ2) is 11.5. The summed E-state index contributed by atoms with van der Waals surface area (Å²) in [5.74, 6) is 0.397. The monoisotopic (exact) mass is 397 g/mol. The Balaban J connectivity index is 2.13. The summed E-state index contributed by atoms with van der Waals surface area (Å²) in [5.41, 5.74) is 1.21. The van der Waals surface area contributed by atoms with Crippen LogP contribution in [0, 0.1) is 0 Å². The highest BCUT2D eigenvalue weighted by molar-refractivity contribution is 6.03. The van der Waals surface area contributed by atoms with Crippen LogP contribution in [0.4, 0.5) is 0 Å². The third kappa shape index (κ3) is 6.99. The van der Waals surface area contributed by atoms with Crippen molar-refractivity contribution in [2.75, 3.05) is 20.3 Å². The summed E-state index contributed by atoms with van der Waals surface area (Å²) >= 11 is 0. The molecule has 6 nitrogen and oxygen atoms in total. The van der Waals surface area contributed by atoms with Gasteiger partial charge in [0.15, 0.2) is 0 Å². The summed E-state index contributed by atoms with van der Waals surface area (Å²) in [4.78, 5) is 24.9. The number of carbonyl (C=O) groups is 2. The van der Waals surface area contributed by atoms with Crippen LogP contribution in [0.3, 0.4) is 0 Å². The minimum absolute atomic E-state index is 0.0605. The van der Waals surface area contributed by atoms with Gasteiger partial charge in [0.2, 0.25) is 0 Å². The molecule has 154 valence electrons. The first-order valence-electron chi connectivity index (χ1n) is 9.64. The van der Waals surface area contributed by atoms with Crippen LogP contribution in [0.15, 0.2) is 54.2 Å². The molecule has 0 saturated carbocycles. The zero-order valence-electron chi connectivity index (χ0n) is 17.1. The number of ether oxygens (including phenoxy) is 3. The maximum Gasteiger partial charge on any atom is 0.354 e. The van der Waals surface area contributed by atoms with E-state index in [0.717, 1.165) is 18.4 Å². The molecule has 0 aromatic heterocycles. The fourth-order valence-corrected chi connectivity index (χ4v) is 2.45. The zero-order chi connectivity index (χ0) is 21.1. The molecule has 2 rings (SSSR count). The van der Waals surface area contributed by atoms with Gasteiger partial charge in [-0.2, -0.15) is 0 Å². The maximum absolute atomic E-state index is 12.6. The molecule has 0 atom stereocenters. The molecule has 0 radical (unpaired) electrons. The average Bonchev–Trinajstić information content (AvgIpc) is 2.74. The zero-order valence-corrected chi connectivity index (χ0v) is 17.1. The van der Waals surface area contributed by atoms with Gasteiger partial charge in [0, 0.05) is 5.56 Å². The number of carbonyl (C=O) groups excluding carboxylic acids is 2. The molecule has 2 aromatic carbocycles. The summed E-state index contributed by atoms with van der Waals surface area (Å²) in [6.07, 6.45) is 3.59. The number of amides is 1. The van der Waals surface area contributed by atoms with Gasteiger partial charge in [-0.1, -0.05) is 25.5 Å². The first kappa shape index (κ1) is 22.0. The lowest BCUT2D eigenvalue weighted by molar-refractivity contribution is -0.138. The van der Waals surface area contributed by atoms with Crippen LogP contribution in [0.25, 0.3) is 6.08 Å². The minimum Gasteiger partial charge on any atom is -0.497 e. The molecule has 0 aliphatic rings. The predicted octanol–water partition coefficient (Wildman–Crippen LogP) is 4.21. The topological polar surface area (TPSA) is 73.9 Å². The Kier molecular flexibility index (Phi) is 8.76. The van der Waals surface area contributed by atoms with Gasteiger partial charge in [0.25, 0.3) is 5.91 Å². The quantitative estimate of drug-likeness (QED) is 0.369. The van der Waals surface area contributed by atoms with Gasteiger partial charge in [-0.25, -0.2) is 4.79 Å². The van der Waals surface area contributed by atoms with Crippen molar-refractivity contribution in [3.8, 4) is 11.5 Å². The molecule has 29 heavy (non-hydrogen) atoms. The summed E-state index contributed by atoms with van der Waals surface area (Å²) in [6.45, 7) is 4.65. The SMILES string of the molecule is CCCCOc1ccc(C(=O)N/C(=C\c2ccc(OC)cc2)C(=O)OCC)cc1. The fourth-order valence-electron chi connectivity index (χ4n) is 2.45. The Morgan fingerprint density at radius 2 is 1.62 bits per heavy atom. The number of unbranched alkanes of at least 4 members (excludes halogenated alkanes) is 1. The molecule has 0 aliphatic carbocycles. The first-order chi connectivity index (χ1) is 14.1. The molecule has 0 fully saturated rings. The van der Waals surface area contributed by atoms with E-state index in [-0.39, 0.29) is 12.3 Å². The molecular formula is C23H27NO5. The summed E-state index contributed by atoms with van der Waals surface area (Å²) in [7, 11) is 1.58. The second-order valence-electron chi connectivity index (χ2n) is 6.23. The number of benzene rings is 2. The van der Waals surface area contributed by atoms with Crippen molar-refractivity contribution in [1.82, 2.24) is 5.32 Å². The molecule has 0 bridgehead atoms.